The molecule has 95 heavy (non-hydrogen) atoms. The van der Waals surface area contributed by atoms with Crippen molar-refractivity contribution in [1.82, 2.24) is 53.2 Å². The van der Waals surface area contributed by atoms with E-state index in [-0.39, 0.29) is 16.7 Å². The van der Waals surface area contributed by atoms with Gasteiger partial charge in [-0.2, -0.15) is 20.4 Å². The predicted octanol–water partition coefficient (Wildman–Crippen LogP) is 14.2. The normalized spacial score (nSPS) is 10.2. The van der Waals surface area contributed by atoms with Gasteiger partial charge in [0.25, 0.3) is 16.7 Å². The lowest BCUT2D eigenvalue weighted by atomic mass is 9.77. The largest absolute Gasteiger partial charge is 0.488 e. The molecule has 0 saturated carbocycles. The van der Waals surface area contributed by atoms with Gasteiger partial charge in [-0.15, -0.1) is 0 Å². The molecule has 0 aliphatic rings. The smallest absolute Gasteiger partial charge is 0.423 e. The van der Waals surface area contributed by atoms with Crippen LogP contribution < -0.4 is 22.1 Å². The van der Waals surface area contributed by atoms with E-state index >= 15 is 0 Å². The second kappa shape index (κ2) is 37.4. The first-order chi connectivity index (χ1) is 45.7. The summed E-state index contributed by atoms with van der Waals surface area (Å²) in [5.74, 6) is 0. The van der Waals surface area contributed by atoms with E-state index in [9.17, 15) is 14.4 Å². The van der Waals surface area contributed by atoms with E-state index in [2.05, 4.69) is 132 Å². The molecule has 6 aromatic carbocycles. The average molecular weight is 1440 g/mol. The van der Waals surface area contributed by atoms with Gasteiger partial charge in [-0.3, -0.25) is 33.5 Å². The molecule has 7 aromatic heterocycles. The molecule has 0 saturated heterocycles. The van der Waals surface area contributed by atoms with Crippen molar-refractivity contribution in [2.75, 3.05) is 0 Å². The van der Waals surface area contributed by atoms with Crippen LogP contribution >= 0.6 is 55.1 Å². The standard InChI is InChI=1S/C23H21N3O.C16H14ClN3O.C11H12N2.C7H9BO2.C7H7Br.C6H5BrClNO.C4H6N2/c1-17-8-6-7-11-20(17)21-12-23(27)25(2)16-22(21)19-13-24-26(15-19)14-18-9-4-3-5-10-18;1-19-11-14(15(17)7-16(19)21)13-8-18-20(10-13)9-12-5-3-2-4-6-12;1-10-7-12-13(8-10)9-11-5-3-2-4-6-11;1-6-4-2-3-5-7(6)8(9)10;8-6-7-4-2-1-3-5-7;1-9-3-4(7)5(8)2-6(9)10;1-4-2-5-6-3-4/h3-13,15-16H,14H2,1-2H3;2-8,10-11H,9H2,1H3;2-8H,9H2,1H3;2-5,9-10H,1H3;1-5H,6H2;2-3H,1H3;2-3H,1H3,(H,5,6). The quantitative estimate of drug-likeness (QED) is 0.0836. The van der Waals surface area contributed by atoms with Crippen LogP contribution in [0.3, 0.4) is 0 Å². The summed E-state index contributed by atoms with van der Waals surface area (Å²) < 4.78 is 11.0. The van der Waals surface area contributed by atoms with Gasteiger partial charge in [-0.25, -0.2) is 0 Å². The first-order valence-corrected chi connectivity index (χ1v) is 32.7. The van der Waals surface area contributed by atoms with Crippen molar-refractivity contribution in [3.05, 3.63) is 346 Å². The number of pyridine rings is 3. The molecule has 13 aromatic rings. The van der Waals surface area contributed by atoms with Gasteiger partial charge in [-0.1, -0.05) is 215 Å². The van der Waals surface area contributed by atoms with Gasteiger partial charge in [0, 0.05) is 110 Å². The number of aryl methyl sites for hydroxylation is 7. The highest BCUT2D eigenvalue weighted by atomic mass is 79.9. The van der Waals surface area contributed by atoms with Crippen LogP contribution in [0.1, 0.15) is 44.5 Å². The fourth-order valence-corrected chi connectivity index (χ4v) is 10.3. The molecule has 0 aliphatic carbocycles. The van der Waals surface area contributed by atoms with Gasteiger partial charge < -0.3 is 23.7 Å². The monoisotopic (exact) mass is 1440 g/mol. The third-order valence-electron chi connectivity index (χ3n) is 14.3. The minimum absolute atomic E-state index is 0.0197. The number of aromatic amines is 1. The number of nitrogens with one attached hydrogen (secondary N) is 1. The molecule has 0 bridgehead atoms. The highest BCUT2D eigenvalue weighted by Crippen LogP contribution is 2.33. The highest BCUT2D eigenvalue weighted by molar-refractivity contribution is 9.10. The Bertz CT molecular complexity index is 4640. The van der Waals surface area contributed by atoms with Crippen molar-refractivity contribution >= 4 is 67.6 Å². The Kier molecular flexibility index (Phi) is 28.7. The Balaban J connectivity index is 0.000000166. The molecule has 0 fully saturated rings. The molecule has 0 amide bonds. The summed E-state index contributed by atoms with van der Waals surface area (Å²) >= 11 is 18.3. The first-order valence-electron chi connectivity index (χ1n) is 30.0. The second-order valence-electron chi connectivity index (χ2n) is 21.9. The van der Waals surface area contributed by atoms with Gasteiger partial charge in [0.05, 0.1) is 58.9 Å². The summed E-state index contributed by atoms with van der Waals surface area (Å²) in [6, 6.07) is 60.8. The van der Waals surface area contributed by atoms with Gasteiger partial charge >= 0.3 is 7.12 Å². The van der Waals surface area contributed by atoms with Crippen molar-refractivity contribution in [1.29, 1.82) is 0 Å². The van der Waals surface area contributed by atoms with Crippen LogP contribution in [-0.2, 0) is 46.1 Å². The SMILES string of the molecule is BrCc1ccccc1.Cc1ccccc1-c1cc(=O)n(C)cc1-c1cnn(Cc2ccccc2)c1.Cc1ccccc1B(O)O.Cc1cn[nH]c1.Cc1cnn(Cc2ccccc2)c1.Cn1cc(-c2cnn(Cc3ccccc3)c2)c(Cl)cc1=O.Cn1cc(Br)c(Cl)cc1=O. The summed E-state index contributed by atoms with van der Waals surface area (Å²) in [5, 5.41) is 38.8. The van der Waals surface area contributed by atoms with Crippen LogP contribution in [0.15, 0.2) is 275 Å². The fraction of sp³-hybridized carbons (Fsp3) is 0.149. The summed E-state index contributed by atoms with van der Waals surface area (Å²) in [6.45, 7) is 10.2. The zero-order valence-electron chi connectivity index (χ0n) is 53.8. The molecule has 3 N–H and O–H groups in total. The molecule has 16 nitrogen and oxygen atoms in total. The fourth-order valence-electron chi connectivity index (χ4n) is 9.15. The molecule has 0 radical (unpaired) electrons. The van der Waals surface area contributed by atoms with E-state index in [4.69, 9.17) is 33.2 Å². The Labute approximate surface area is 580 Å². The molecule has 0 aliphatic heterocycles. The molecule has 7 heterocycles. The number of H-pyrrole nitrogens is 1. The van der Waals surface area contributed by atoms with E-state index in [1.807, 2.05) is 168 Å². The summed E-state index contributed by atoms with van der Waals surface area (Å²) in [5.41, 5.74) is 15.5. The van der Waals surface area contributed by atoms with Gasteiger partial charge in [0.2, 0.25) is 0 Å². The third kappa shape index (κ3) is 23.5. The maximum absolute atomic E-state index is 12.3. The molecule has 0 unspecified atom stereocenters. The molecule has 0 spiro atoms. The maximum Gasteiger partial charge on any atom is 0.488 e. The number of hydrogen-bond acceptors (Lipinski definition) is 9. The van der Waals surface area contributed by atoms with Gasteiger partial charge in [-0.05, 0) is 99.2 Å². The summed E-state index contributed by atoms with van der Waals surface area (Å²) in [7, 11) is 3.81. The lowest BCUT2D eigenvalue weighted by Gasteiger charge is -2.12. The van der Waals surface area contributed by atoms with E-state index in [1.54, 1.807) is 68.7 Å². The number of hydrogen-bond donors (Lipinski definition) is 3. The molecule has 13 rings (SSSR count). The zero-order valence-corrected chi connectivity index (χ0v) is 58.4. The molecular formula is C74H74BBr2Cl2N11O5. The van der Waals surface area contributed by atoms with Crippen molar-refractivity contribution in [2.24, 2.45) is 21.1 Å². The minimum atomic E-state index is -1.35. The predicted molar refractivity (Wildman–Crippen MR) is 392 cm³/mol. The number of aromatic nitrogens is 11. The summed E-state index contributed by atoms with van der Waals surface area (Å²) in [4.78, 5) is 34.7. The van der Waals surface area contributed by atoms with Crippen LogP contribution in [0.25, 0.3) is 33.4 Å². The lowest BCUT2D eigenvalue weighted by Crippen LogP contribution is -2.31. The second-order valence-corrected chi connectivity index (χ2v) is 24.1. The number of nitrogens with zero attached hydrogens (tertiary/aromatic N) is 10. The Hall–Kier alpha value is -9.47. The summed E-state index contributed by atoms with van der Waals surface area (Å²) in [6.07, 6.45) is 20.4. The highest BCUT2D eigenvalue weighted by Gasteiger charge is 2.15. The topological polar surface area (TPSA) is 189 Å². The average Bonchev–Trinajstić information content (AvgIpc) is 1.45. The van der Waals surface area contributed by atoms with Crippen LogP contribution in [0.5, 0.6) is 0 Å². The number of benzene rings is 6. The maximum atomic E-state index is 12.3. The van der Waals surface area contributed by atoms with E-state index in [0.717, 1.165) is 60.9 Å². The van der Waals surface area contributed by atoms with Crippen molar-refractivity contribution in [3.8, 4) is 33.4 Å². The van der Waals surface area contributed by atoms with Crippen molar-refractivity contribution in [2.45, 2.75) is 52.7 Å². The molecule has 486 valence electrons. The van der Waals surface area contributed by atoms with Crippen LogP contribution in [0.2, 0.25) is 10.0 Å². The zero-order chi connectivity index (χ0) is 68.2. The van der Waals surface area contributed by atoms with E-state index in [1.165, 1.54) is 54.6 Å². The van der Waals surface area contributed by atoms with Crippen LogP contribution in [-0.4, -0.2) is 70.4 Å². The van der Waals surface area contributed by atoms with Gasteiger partial charge in [0.1, 0.15) is 0 Å². The van der Waals surface area contributed by atoms with Crippen molar-refractivity contribution in [3.63, 3.8) is 0 Å². The number of alkyl halides is 1. The Morgan fingerprint density at radius 2 is 0.863 bits per heavy atom. The third-order valence-corrected chi connectivity index (χ3v) is 16.4. The number of rotatable bonds is 11. The van der Waals surface area contributed by atoms with E-state index < -0.39 is 7.12 Å². The molecule has 21 heteroatoms. The van der Waals surface area contributed by atoms with Gasteiger partial charge in [0.15, 0.2) is 0 Å². The number of halogens is 4. The minimum Gasteiger partial charge on any atom is -0.423 e. The van der Waals surface area contributed by atoms with E-state index in [0.29, 0.717) is 28.6 Å². The Morgan fingerprint density at radius 3 is 1.27 bits per heavy atom. The molecular weight excluding hydrogens is 1360 g/mol. The van der Waals surface area contributed by atoms with Crippen molar-refractivity contribution < 1.29 is 10.0 Å². The lowest BCUT2D eigenvalue weighted by molar-refractivity contribution is 0.425. The Morgan fingerprint density at radius 1 is 0.442 bits per heavy atom. The first kappa shape index (κ1) is 73.0. The van der Waals surface area contributed by atoms with Crippen LogP contribution in [0, 0.1) is 27.7 Å². The molecule has 0 atom stereocenters. The van der Waals surface area contributed by atoms with Crippen LogP contribution in [0.4, 0.5) is 0 Å².